The third-order valence-corrected chi connectivity index (χ3v) is 3.71. The van der Waals surface area contributed by atoms with Crippen molar-refractivity contribution in [2.45, 2.75) is 0 Å². The van der Waals surface area contributed by atoms with Gasteiger partial charge in [0.15, 0.2) is 5.82 Å². The summed E-state index contributed by atoms with van der Waals surface area (Å²) in [6, 6.07) is 11.0. The summed E-state index contributed by atoms with van der Waals surface area (Å²) in [7, 11) is 0. The van der Waals surface area contributed by atoms with E-state index in [1.165, 1.54) is 0 Å². The molecule has 0 aliphatic heterocycles. The maximum Gasteiger partial charge on any atom is 0.255 e. The number of nitrogens with zero attached hydrogens (tertiary/aromatic N) is 3. The van der Waals surface area contributed by atoms with Gasteiger partial charge < -0.3 is 10.3 Å². The van der Waals surface area contributed by atoms with Crippen LogP contribution in [-0.4, -0.2) is 31.1 Å². The highest BCUT2D eigenvalue weighted by atomic mass is 16.1. The van der Waals surface area contributed by atoms with Crippen LogP contribution in [0, 0.1) is 0 Å². The molecule has 0 saturated heterocycles. The van der Waals surface area contributed by atoms with Crippen LogP contribution in [0.5, 0.6) is 0 Å². The molecule has 122 valence electrons. The third-order valence-electron chi connectivity index (χ3n) is 3.71. The minimum Gasteiger partial charge on any atom is -0.343 e. The van der Waals surface area contributed by atoms with Gasteiger partial charge in [0.25, 0.3) is 5.91 Å². The highest BCUT2D eigenvalue weighted by molar-refractivity contribution is 6.04. The van der Waals surface area contributed by atoms with Gasteiger partial charge in [-0.05, 0) is 29.8 Å². The second kappa shape index (κ2) is 6.40. The van der Waals surface area contributed by atoms with Gasteiger partial charge in [-0.3, -0.25) is 14.9 Å². The SMILES string of the molecule is O=C(Nc1cccc(-c2cn[nH]c2)c1)c1ccnc(-c2ncc[nH]2)c1. The Balaban J connectivity index is 1.57. The average molecular weight is 330 g/mol. The summed E-state index contributed by atoms with van der Waals surface area (Å²) >= 11 is 0. The number of H-pyrrole nitrogens is 2. The highest BCUT2D eigenvalue weighted by Crippen LogP contribution is 2.22. The Labute approximate surface area is 143 Å². The standard InChI is InChI=1S/C18H14N6O/c25-18(13-4-5-19-16(9-13)17-20-6-7-21-17)24-15-3-1-2-12(8-15)14-10-22-23-11-14/h1-11H,(H,20,21)(H,22,23)(H,24,25). The Kier molecular flexibility index (Phi) is 3.80. The number of rotatable bonds is 4. The van der Waals surface area contributed by atoms with Crippen molar-refractivity contribution in [3.05, 3.63) is 72.9 Å². The molecule has 4 aromatic rings. The second-order valence-corrected chi connectivity index (χ2v) is 5.39. The molecular formula is C18H14N6O. The molecule has 25 heavy (non-hydrogen) atoms. The molecule has 0 aliphatic rings. The average Bonchev–Trinajstić information content (AvgIpc) is 3.36. The van der Waals surface area contributed by atoms with Gasteiger partial charge in [0.2, 0.25) is 0 Å². The molecule has 3 aromatic heterocycles. The van der Waals surface area contributed by atoms with E-state index >= 15 is 0 Å². The number of pyridine rings is 1. The topological polar surface area (TPSA) is 99.3 Å². The lowest BCUT2D eigenvalue weighted by Gasteiger charge is -2.07. The van der Waals surface area contributed by atoms with Crippen LogP contribution in [0.25, 0.3) is 22.6 Å². The lowest BCUT2D eigenvalue weighted by Crippen LogP contribution is -2.12. The number of carbonyl (C=O) groups excluding carboxylic acids is 1. The first kappa shape index (κ1) is 14.8. The molecule has 1 amide bonds. The Morgan fingerprint density at radius 3 is 2.80 bits per heavy atom. The van der Waals surface area contributed by atoms with Crippen LogP contribution >= 0.6 is 0 Å². The van der Waals surface area contributed by atoms with Gasteiger partial charge >= 0.3 is 0 Å². The molecule has 0 fully saturated rings. The number of aromatic amines is 2. The van der Waals surface area contributed by atoms with Crippen molar-refractivity contribution < 1.29 is 4.79 Å². The maximum absolute atomic E-state index is 12.5. The molecule has 3 N–H and O–H groups in total. The molecule has 7 nitrogen and oxygen atoms in total. The molecule has 0 bridgehead atoms. The van der Waals surface area contributed by atoms with Crippen LogP contribution in [0.2, 0.25) is 0 Å². The molecule has 0 aliphatic carbocycles. The molecule has 0 unspecified atom stereocenters. The predicted octanol–water partition coefficient (Wildman–Crippen LogP) is 3.11. The van der Waals surface area contributed by atoms with Crippen molar-refractivity contribution in [3.63, 3.8) is 0 Å². The van der Waals surface area contributed by atoms with Gasteiger partial charge in [0.05, 0.1) is 6.20 Å². The fourth-order valence-electron chi connectivity index (χ4n) is 2.50. The van der Waals surface area contributed by atoms with Crippen LogP contribution in [0.1, 0.15) is 10.4 Å². The number of anilines is 1. The molecule has 4 rings (SSSR count). The van der Waals surface area contributed by atoms with Crippen molar-refractivity contribution in [3.8, 4) is 22.6 Å². The first-order chi connectivity index (χ1) is 12.3. The van der Waals surface area contributed by atoms with Gasteiger partial charge in [-0.1, -0.05) is 12.1 Å². The quantitative estimate of drug-likeness (QED) is 0.535. The summed E-state index contributed by atoms with van der Waals surface area (Å²) in [5, 5.41) is 9.63. The number of imidazole rings is 1. The van der Waals surface area contributed by atoms with Gasteiger partial charge in [-0.2, -0.15) is 5.10 Å². The summed E-state index contributed by atoms with van der Waals surface area (Å²) in [4.78, 5) is 23.9. The highest BCUT2D eigenvalue weighted by Gasteiger charge is 2.10. The molecule has 0 saturated carbocycles. The molecular weight excluding hydrogens is 316 g/mol. The zero-order valence-corrected chi connectivity index (χ0v) is 13.1. The molecule has 0 spiro atoms. The van der Waals surface area contributed by atoms with E-state index in [0.717, 1.165) is 11.1 Å². The minimum atomic E-state index is -0.209. The number of benzene rings is 1. The van der Waals surface area contributed by atoms with Crippen molar-refractivity contribution >= 4 is 11.6 Å². The van der Waals surface area contributed by atoms with E-state index in [2.05, 4.69) is 30.5 Å². The zero-order valence-electron chi connectivity index (χ0n) is 13.1. The lowest BCUT2D eigenvalue weighted by molar-refractivity contribution is 0.102. The fraction of sp³-hybridized carbons (Fsp3) is 0. The van der Waals surface area contributed by atoms with E-state index in [9.17, 15) is 4.79 Å². The largest absolute Gasteiger partial charge is 0.343 e. The van der Waals surface area contributed by atoms with Crippen LogP contribution in [0.15, 0.2) is 67.4 Å². The molecule has 1 aromatic carbocycles. The van der Waals surface area contributed by atoms with Crippen LogP contribution < -0.4 is 5.32 Å². The van der Waals surface area contributed by atoms with Crippen molar-refractivity contribution in [1.29, 1.82) is 0 Å². The maximum atomic E-state index is 12.5. The van der Waals surface area contributed by atoms with Crippen molar-refractivity contribution in [2.75, 3.05) is 5.32 Å². The number of aromatic nitrogens is 5. The first-order valence-corrected chi connectivity index (χ1v) is 7.66. The van der Waals surface area contributed by atoms with Crippen LogP contribution in [0.3, 0.4) is 0 Å². The first-order valence-electron chi connectivity index (χ1n) is 7.66. The lowest BCUT2D eigenvalue weighted by atomic mass is 10.1. The summed E-state index contributed by atoms with van der Waals surface area (Å²) in [6.45, 7) is 0. The Morgan fingerprint density at radius 1 is 1.04 bits per heavy atom. The van der Waals surface area contributed by atoms with E-state index in [1.54, 1.807) is 43.1 Å². The van der Waals surface area contributed by atoms with Gasteiger partial charge in [-0.15, -0.1) is 0 Å². The van der Waals surface area contributed by atoms with Gasteiger partial charge in [-0.25, -0.2) is 4.98 Å². The monoisotopic (exact) mass is 330 g/mol. The Bertz CT molecular complexity index is 992. The smallest absolute Gasteiger partial charge is 0.255 e. The molecule has 0 radical (unpaired) electrons. The second-order valence-electron chi connectivity index (χ2n) is 5.39. The number of amides is 1. The van der Waals surface area contributed by atoms with Gasteiger partial charge in [0.1, 0.15) is 5.69 Å². The zero-order chi connectivity index (χ0) is 17.1. The molecule has 7 heteroatoms. The Hall–Kier alpha value is -3.74. The van der Waals surface area contributed by atoms with E-state index < -0.39 is 0 Å². The molecule has 3 heterocycles. The van der Waals surface area contributed by atoms with Gasteiger partial charge in [0, 0.05) is 41.6 Å². The normalized spacial score (nSPS) is 10.6. The number of hydrogen-bond acceptors (Lipinski definition) is 4. The summed E-state index contributed by atoms with van der Waals surface area (Å²) < 4.78 is 0. The van der Waals surface area contributed by atoms with Crippen LogP contribution in [0.4, 0.5) is 5.69 Å². The predicted molar refractivity (Wildman–Crippen MR) is 93.8 cm³/mol. The van der Waals surface area contributed by atoms with E-state index in [4.69, 9.17) is 0 Å². The van der Waals surface area contributed by atoms with E-state index in [-0.39, 0.29) is 5.91 Å². The van der Waals surface area contributed by atoms with Crippen molar-refractivity contribution in [1.82, 2.24) is 25.1 Å². The number of carbonyl (C=O) groups is 1. The summed E-state index contributed by atoms with van der Waals surface area (Å²) in [5.41, 5.74) is 3.76. The third kappa shape index (κ3) is 3.16. The fourth-order valence-corrected chi connectivity index (χ4v) is 2.50. The molecule has 0 atom stereocenters. The Morgan fingerprint density at radius 2 is 2.00 bits per heavy atom. The summed E-state index contributed by atoms with van der Waals surface area (Å²) in [6.07, 6.45) is 8.49. The number of nitrogens with one attached hydrogen (secondary N) is 3. The van der Waals surface area contributed by atoms with E-state index in [1.807, 2.05) is 24.3 Å². The van der Waals surface area contributed by atoms with E-state index in [0.29, 0.717) is 22.8 Å². The number of hydrogen-bond donors (Lipinski definition) is 3. The van der Waals surface area contributed by atoms with Crippen LogP contribution in [-0.2, 0) is 0 Å². The summed E-state index contributed by atoms with van der Waals surface area (Å²) in [5.74, 6) is 0.413. The van der Waals surface area contributed by atoms with Crippen molar-refractivity contribution in [2.24, 2.45) is 0 Å². The minimum absolute atomic E-state index is 0.209.